The zero-order valence-electron chi connectivity index (χ0n) is 15.4. The third kappa shape index (κ3) is 4.15. The van der Waals surface area contributed by atoms with Crippen molar-refractivity contribution in [2.45, 2.75) is 27.2 Å². The number of hydrogen-bond acceptors (Lipinski definition) is 2. The van der Waals surface area contributed by atoms with Crippen LogP contribution in [0.2, 0.25) is 0 Å². The fourth-order valence-electron chi connectivity index (χ4n) is 3.00. The largest absolute Gasteiger partial charge is 0.295 e. The molecule has 2 nitrogen and oxygen atoms in total. The van der Waals surface area contributed by atoms with Gasteiger partial charge >= 0.3 is 0 Å². The molecular formula is C24H22O2. The first-order chi connectivity index (χ1) is 12.4. The Balaban J connectivity index is 1.86. The van der Waals surface area contributed by atoms with E-state index in [9.17, 15) is 9.59 Å². The van der Waals surface area contributed by atoms with Crippen molar-refractivity contribution in [3.63, 3.8) is 0 Å². The summed E-state index contributed by atoms with van der Waals surface area (Å²) in [4.78, 5) is 23.5. The molecule has 0 aliphatic rings. The summed E-state index contributed by atoms with van der Waals surface area (Å²) in [5, 5.41) is 0. The van der Waals surface area contributed by atoms with Crippen LogP contribution in [0.1, 0.15) is 51.3 Å². The monoisotopic (exact) mass is 342 g/mol. The van der Waals surface area contributed by atoms with E-state index in [0.717, 1.165) is 11.1 Å². The minimum absolute atomic E-state index is 0.0240. The smallest absolute Gasteiger partial charge is 0.159 e. The van der Waals surface area contributed by atoms with E-state index < -0.39 is 0 Å². The number of aryl methyl sites for hydroxylation is 1. The molecule has 0 unspecified atom stereocenters. The van der Waals surface area contributed by atoms with E-state index in [1.54, 1.807) is 6.07 Å². The lowest BCUT2D eigenvalue weighted by atomic mass is 9.96. The van der Waals surface area contributed by atoms with E-state index in [-0.39, 0.29) is 11.6 Å². The number of carbonyl (C=O) groups is 2. The second-order valence-electron chi connectivity index (χ2n) is 6.77. The first-order valence-corrected chi connectivity index (χ1v) is 8.74. The summed E-state index contributed by atoms with van der Waals surface area (Å²) in [5.74, 6) is -0.0480. The molecule has 0 aromatic heterocycles. The van der Waals surface area contributed by atoms with Crippen LogP contribution in [0, 0.1) is 6.92 Å². The maximum Gasteiger partial charge on any atom is 0.159 e. The fourth-order valence-corrected chi connectivity index (χ4v) is 3.00. The second-order valence-corrected chi connectivity index (χ2v) is 6.77. The van der Waals surface area contributed by atoms with Crippen molar-refractivity contribution < 1.29 is 9.59 Å². The maximum atomic E-state index is 11.7. The number of rotatable bonds is 5. The van der Waals surface area contributed by atoms with E-state index >= 15 is 0 Å². The summed E-state index contributed by atoms with van der Waals surface area (Å²) in [6.07, 6.45) is 0.690. The molecule has 3 rings (SSSR count). The van der Waals surface area contributed by atoms with E-state index in [2.05, 4.69) is 55.5 Å². The minimum atomic E-state index is -0.0240. The Morgan fingerprint density at radius 2 is 1.12 bits per heavy atom. The predicted molar refractivity (Wildman–Crippen MR) is 106 cm³/mol. The van der Waals surface area contributed by atoms with E-state index in [4.69, 9.17) is 0 Å². The van der Waals surface area contributed by atoms with Gasteiger partial charge in [-0.2, -0.15) is 0 Å². The van der Waals surface area contributed by atoms with E-state index in [1.807, 2.05) is 12.1 Å². The minimum Gasteiger partial charge on any atom is -0.295 e. The maximum absolute atomic E-state index is 11.7. The van der Waals surface area contributed by atoms with Gasteiger partial charge in [0.2, 0.25) is 0 Å². The summed E-state index contributed by atoms with van der Waals surface area (Å²) in [6, 6.07) is 22.3. The number of Topliss-reactive ketones (excluding diaryl/α,β-unsaturated/α-hetero) is 2. The van der Waals surface area contributed by atoms with Crippen molar-refractivity contribution >= 4 is 11.6 Å². The number of carbonyl (C=O) groups excluding carboxylic acids is 2. The van der Waals surface area contributed by atoms with Gasteiger partial charge in [-0.3, -0.25) is 9.59 Å². The number of hydrogen-bond donors (Lipinski definition) is 0. The molecule has 2 heteroatoms. The van der Waals surface area contributed by atoms with Crippen LogP contribution >= 0.6 is 0 Å². The van der Waals surface area contributed by atoms with Crippen LogP contribution < -0.4 is 0 Å². The molecule has 0 radical (unpaired) electrons. The summed E-state index contributed by atoms with van der Waals surface area (Å²) >= 11 is 0. The molecule has 26 heavy (non-hydrogen) atoms. The summed E-state index contributed by atoms with van der Waals surface area (Å²) in [6.45, 7) is 5.14. The molecule has 0 atom stereocenters. The summed E-state index contributed by atoms with van der Waals surface area (Å²) in [5.41, 5.74) is 6.92. The zero-order chi connectivity index (χ0) is 18.7. The average Bonchev–Trinajstić information content (AvgIpc) is 2.63. The van der Waals surface area contributed by atoms with Gasteiger partial charge in [0.25, 0.3) is 0 Å². The van der Waals surface area contributed by atoms with Gasteiger partial charge in [0.05, 0.1) is 0 Å². The second kappa shape index (κ2) is 7.49. The van der Waals surface area contributed by atoms with Gasteiger partial charge in [-0.1, -0.05) is 54.1 Å². The van der Waals surface area contributed by atoms with E-state index in [1.165, 1.54) is 30.5 Å². The first kappa shape index (κ1) is 17.8. The molecule has 0 saturated carbocycles. The van der Waals surface area contributed by atoms with Gasteiger partial charge in [0.15, 0.2) is 11.6 Å². The SMILES string of the molecule is CC(=O)c1cc(Cc2ccc(-c3ccc(C)cc3)cc2)cc(C(C)=O)c1. The standard InChI is InChI=1S/C24H22O2/c1-16-4-8-21(9-5-16)22-10-6-19(7-11-22)12-20-13-23(17(2)25)15-24(14-20)18(3)26/h4-11,13-15H,12H2,1-3H3. The molecule has 0 bridgehead atoms. The molecule has 0 aliphatic heterocycles. The van der Waals surface area contributed by atoms with Crippen LogP contribution in [0.15, 0.2) is 66.7 Å². The Morgan fingerprint density at radius 1 is 0.654 bits per heavy atom. The van der Waals surface area contributed by atoms with Crippen LogP contribution in [0.4, 0.5) is 0 Å². The van der Waals surface area contributed by atoms with Crippen LogP contribution in [0.3, 0.4) is 0 Å². The Labute approximate surface area is 154 Å². The molecule has 3 aromatic rings. The normalized spacial score (nSPS) is 10.6. The highest BCUT2D eigenvalue weighted by atomic mass is 16.1. The lowest BCUT2D eigenvalue weighted by Gasteiger charge is -2.08. The molecule has 130 valence electrons. The quantitative estimate of drug-likeness (QED) is 0.561. The van der Waals surface area contributed by atoms with Gasteiger partial charge in [-0.05, 0) is 67.6 Å². The highest BCUT2D eigenvalue weighted by Crippen LogP contribution is 2.22. The van der Waals surface area contributed by atoms with Crippen LogP contribution in [-0.4, -0.2) is 11.6 Å². The molecule has 3 aromatic carbocycles. The van der Waals surface area contributed by atoms with E-state index in [0.29, 0.717) is 17.5 Å². The highest BCUT2D eigenvalue weighted by Gasteiger charge is 2.09. The molecule has 0 amide bonds. The predicted octanol–water partition coefficient (Wildman–Crippen LogP) is 5.66. The van der Waals surface area contributed by atoms with Gasteiger partial charge < -0.3 is 0 Å². The Hall–Kier alpha value is -3.00. The van der Waals surface area contributed by atoms with Crippen LogP contribution in [0.5, 0.6) is 0 Å². The fraction of sp³-hybridized carbons (Fsp3) is 0.167. The van der Waals surface area contributed by atoms with Crippen molar-refractivity contribution in [2.24, 2.45) is 0 Å². The van der Waals surface area contributed by atoms with Crippen molar-refractivity contribution in [1.29, 1.82) is 0 Å². The number of ketones is 2. The summed E-state index contributed by atoms with van der Waals surface area (Å²) < 4.78 is 0. The third-order valence-electron chi connectivity index (χ3n) is 4.55. The molecule has 0 saturated heterocycles. The van der Waals surface area contributed by atoms with Gasteiger partial charge in [-0.15, -0.1) is 0 Å². The zero-order valence-corrected chi connectivity index (χ0v) is 15.4. The van der Waals surface area contributed by atoms with Crippen molar-refractivity contribution in [3.8, 4) is 11.1 Å². The van der Waals surface area contributed by atoms with Crippen LogP contribution in [-0.2, 0) is 6.42 Å². The number of benzene rings is 3. The molecule has 0 spiro atoms. The van der Waals surface area contributed by atoms with Crippen molar-refractivity contribution in [3.05, 3.63) is 94.5 Å². The Kier molecular flexibility index (Phi) is 5.13. The molecule has 0 N–H and O–H groups in total. The summed E-state index contributed by atoms with van der Waals surface area (Å²) in [7, 11) is 0. The average molecular weight is 342 g/mol. The highest BCUT2D eigenvalue weighted by molar-refractivity contribution is 5.99. The van der Waals surface area contributed by atoms with Gasteiger partial charge in [0.1, 0.15) is 0 Å². The molecule has 0 aliphatic carbocycles. The van der Waals surface area contributed by atoms with Crippen LogP contribution in [0.25, 0.3) is 11.1 Å². The lowest BCUT2D eigenvalue weighted by Crippen LogP contribution is -2.01. The Bertz CT molecular complexity index is 916. The lowest BCUT2D eigenvalue weighted by molar-refractivity contribution is 0.101. The van der Waals surface area contributed by atoms with Gasteiger partial charge in [0, 0.05) is 11.1 Å². The first-order valence-electron chi connectivity index (χ1n) is 8.74. The third-order valence-corrected chi connectivity index (χ3v) is 4.55. The topological polar surface area (TPSA) is 34.1 Å². The molecule has 0 heterocycles. The van der Waals surface area contributed by atoms with Crippen molar-refractivity contribution in [1.82, 2.24) is 0 Å². The van der Waals surface area contributed by atoms with Crippen molar-refractivity contribution in [2.75, 3.05) is 0 Å². The molecule has 0 fully saturated rings. The van der Waals surface area contributed by atoms with Gasteiger partial charge in [-0.25, -0.2) is 0 Å². The molecular weight excluding hydrogens is 320 g/mol. The Morgan fingerprint density at radius 3 is 1.58 bits per heavy atom.